The molecule has 0 saturated heterocycles. The lowest BCUT2D eigenvalue weighted by molar-refractivity contribution is 0.181. The van der Waals surface area contributed by atoms with Crippen molar-refractivity contribution in [2.45, 2.75) is 25.4 Å². The van der Waals surface area contributed by atoms with Crippen LogP contribution in [0.4, 0.5) is 4.39 Å². The molecule has 1 fully saturated rings. The van der Waals surface area contributed by atoms with E-state index in [0.29, 0.717) is 17.6 Å². The zero-order chi connectivity index (χ0) is 14.3. The molecule has 0 bridgehead atoms. The number of furan rings is 1. The summed E-state index contributed by atoms with van der Waals surface area (Å²) in [6, 6.07) is 8.28. The van der Waals surface area contributed by atoms with E-state index in [1.807, 2.05) is 6.07 Å². The predicted octanol–water partition coefficient (Wildman–Crippen LogP) is 3.63. The number of methoxy groups -OCH3 is 1. The lowest BCUT2D eigenvalue weighted by Crippen LogP contribution is -2.03. The fourth-order valence-electron chi connectivity index (χ4n) is 2.48. The molecule has 3 nitrogen and oxygen atoms in total. The van der Waals surface area contributed by atoms with Crippen LogP contribution in [0, 0.1) is 11.7 Å². The van der Waals surface area contributed by atoms with Gasteiger partial charge in [0.15, 0.2) is 11.6 Å². The fraction of sp³-hybridized carbons (Fsp3) is 0.375. The monoisotopic (exact) mass is 276 g/mol. The van der Waals surface area contributed by atoms with Gasteiger partial charge in [0.05, 0.1) is 7.11 Å². The van der Waals surface area contributed by atoms with Crippen molar-refractivity contribution < 1.29 is 18.7 Å². The third-order valence-corrected chi connectivity index (χ3v) is 3.90. The summed E-state index contributed by atoms with van der Waals surface area (Å²) >= 11 is 0. The van der Waals surface area contributed by atoms with Gasteiger partial charge in [-0.25, -0.2) is 4.39 Å². The van der Waals surface area contributed by atoms with Gasteiger partial charge in [-0.1, -0.05) is 19.1 Å². The highest BCUT2D eigenvalue weighted by Gasteiger charge is 2.37. The van der Waals surface area contributed by atoms with Crippen LogP contribution in [0.1, 0.15) is 42.5 Å². The van der Waals surface area contributed by atoms with Crippen molar-refractivity contribution in [1.29, 1.82) is 0 Å². The Bertz CT molecular complexity index is 620. The quantitative estimate of drug-likeness (QED) is 0.927. The predicted molar refractivity (Wildman–Crippen MR) is 72.2 cm³/mol. The largest absolute Gasteiger partial charge is 0.494 e. The summed E-state index contributed by atoms with van der Waals surface area (Å²) in [5, 5.41) is 10.3. The molecule has 1 heterocycles. The van der Waals surface area contributed by atoms with Crippen LogP contribution >= 0.6 is 0 Å². The molecule has 1 saturated carbocycles. The number of aliphatic hydroxyl groups excluding tert-OH is 1. The van der Waals surface area contributed by atoms with Crippen LogP contribution in [-0.4, -0.2) is 12.2 Å². The Morgan fingerprint density at radius 2 is 2.10 bits per heavy atom. The first-order valence-electron chi connectivity index (χ1n) is 6.72. The number of hydrogen-bond donors (Lipinski definition) is 1. The molecular formula is C16H17FO3. The molecule has 1 aliphatic carbocycles. The Balaban J connectivity index is 1.88. The summed E-state index contributed by atoms with van der Waals surface area (Å²) in [7, 11) is 1.40. The Labute approximate surface area is 117 Å². The van der Waals surface area contributed by atoms with Crippen LogP contribution in [0.5, 0.6) is 5.75 Å². The molecule has 0 spiro atoms. The number of hydrogen-bond acceptors (Lipinski definition) is 3. The SMILES string of the molecule is COc1cccc(C(O)c2ccc(C3CC3C)o2)c1F. The van der Waals surface area contributed by atoms with E-state index in [9.17, 15) is 9.50 Å². The van der Waals surface area contributed by atoms with E-state index in [2.05, 4.69) is 6.92 Å². The standard InChI is InChI=1S/C16H17FO3/c1-9-8-11(9)12-6-7-14(20-12)16(18)10-4-3-5-13(19-2)15(10)17/h3-7,9,11,16,18H,8H2,1-2H3. The van der Waals surface area contributed by atoms with Crippen LogP contribution in [0.3, 0.4) is 0 Å². The summed E-state index contributed by atoms with van der Waals surface area (Å²) in [5.41, 5.74) is 0.161. The van der Waals surface area contributed by atoms with Crippen LogP contribution in [0.25, 0.3) is 0 Å². The molecule has 1 N–H and O–H groups in total. The Hall–Kier alpha value is -1.81. The van der Waals surface area contributed by atoms with E-state index in [1.165, 1.54) is 19.2 Å². The van der Waals surface area contributed by atoms with Crippen LogP contribution < -0.4 is 4.74 Å². The van der Waals surface area contributed by atoms with Gasteiger partial charge in [-0.2, -0.15) is 0 Å². The van der Waals surface area contributed by atoms with E-state index in [1.54, 1.807) is 12.1 Å². The molecule has 106 valence electrons. The molecule has 3 rings (SSSR count). The first-order chi connectivity index (χ1) is 9.61. The average Bonchev–Trinajstić information content (AvgIpc) is 3.00. The molecule has 0 amide bonds. The number of rotatable bonds is 4. The summed E-state index contributed by atoms with van der Waals surface area (Å²) in [6.45, 7) is 2.16. The van der Waals surface area contributed by atoms with E-state index in [4.69, 9.17) is 9.15 Å². The first kappa shape index (κ1) is 13.2. The molecule has 4 heteroatoms. The zero-order valence-electron chi connectivity index (χ0n) is 11.5. The van der Waals surface area contributed by atoms with Crippen LogP contribution in [0.15, 0.2) is 34.7 Å². The summed E-state index contributed by atoms with van der Waals surface area (Å²) in [6.07, 6.45) is -0.00997. The molecule has 0 radical (unpaired) electrons. The fourth-order valence-corrected chi connectivity index (χ4v) is 2.48. The van der Waals surface area contributed by atoms with E-state index in [0.717, 1.165) is 12.2 Å². The second kappa shape index (κ2) is 4.94. The van der Waals surface area contributed by atoms with Gasteiger partial charge >= 0.3 is 0 Å². The lowest BCUT2D eigenvalue weighted by atomic mass is 10.1. The maximum Gasteiger partial charge on any atom is 0.171 e. The van der Waals surface area contributed by atoms with E-state index < -0.39 is 11.9 Å². The molecule has 3 atom stereocenters. The second-order valence-electron chi connectivity index (χ2n) is 5.33. The van der Waals surface area contributed by atoms with Gasteiger partial charge in [-0.15, -0.1) is 0 Å². The Morgan fingerprint density at radius 3 is 2.75 bits per heavy atom. The van der Waals surface area contributed by atoms with Crippen LogP contribution in [0.2, 0.25) is 0 Å². The number of ether oxygens (including phenoxy) is 1. The van der Waals surface area contributed by atoms with Gasteiger partial charge < -0.3 is 14.3 Å². The smallest absolute Gasteiger partial charge is 0.171 e. The maximum atomic E-state index is 14.1. The number of benzene rings is 1. The molecule has 1 aromatic carbocycles. The minimum absolute atomic E-state index is 0.115. The van der Waals surface area contributed by atoms with Gasteiger partial charge in [-0.3, -0.25) is 0 Å². The van der Waals surface area contributed by atoms with Crippen molar-refractivity contribution in [3.63, 3.8) is 0 Å². The molecule has 0 aliphatic heterocycles. The highest BCUT2D eigenvalue weighted by Crippen LogP contribution is 2.48. The minimum atomic E-state index is -1.12. The first-order valence-corrected chi connectivity index (χ1v) is 6.72. The Morgan fingerprint density at radius 1 is 1.35 bits per heavy atom. The number of halogens is 1. The highest BCUT2D eigenvalue weighted by molar-refractivity contribution is 5.35. The summed E-state index contributed by atoms with van der Waals surface area (Å²) in [4.78, 5) is 0. The van der Waals surface area contributed by atoms with Crippen molar-refractivity contribution in [2.24, 2.45) is 5.92 Å². The van der Waals surface area contributed by atoms with Crippen molar-refractivity contribution >= 4 is 0 Å². The lowest BCUT2D eigenvalue weighted by Gasteiger charge is -2.11. The minimum Gasteiger partial charge on any atom is -0.494 e. The molecule has 3 unspecified atom stereocenters. The summed E-state index contributed by atoms with van der Waals surface area (Å²) < 4.78 is 24.7. The van der Waals surface area contributed by atoms with Crippen molar-refractivity contribution in [2.75, 3.05) is 7.11 Å². The normalized spacial score (nSPS) is 22.6. The van der Waals surface area contributed by atoms with Crippen molar-refractivity contribution in [3.8, 4) is 5.75 Å². The van der Waals surface area contributed by atoms with E-state index >= 15 is 0 Å². The molecule has 1 aliphatic rings. The molecule has 20 heavy (non-hydrogen) atoms. The topological polar surface area (TPSA) is 42.6 Å². The number of aliphatic hydroxyl groups is 1. The van der Waals surface area contributed by atoms with Gasteiger partial charge in [0.25, 0.3) is 0 Å². The zero-order valence-corrected chi connectivity index (χ0v) is 11.5. The van der Waals surface area contributed by atoms with Gasteiger partial charge in [-0.05, 0) is 30.5 Å². The molecule has 1 aromatic heterocycles. The molecule has 2 aromatic rings. The van der Waals surface area contributed by atoms with Crippen LogP contribution in [-0.2, 0) is 0 Å². The van der Waals surface area contributed by atoms with Crippen molar-refractivity contribution in [3.05, 3.63) is 53.2 Å². The van der Waals surface area contributed by atoms with Crippen molar-refractivity contribution in [1.82, 2.24) is 0 Å². The average molecular weight is 276 g/mol. The molecular weight excluding hydrogens is 259 g/mol. The van der Waals surface area contributed by atoms with Gasteiger partial charge in [0.1, 0.15) is 17.6 Å². The maximum absolute atomic E-state index is 14.1. The van der Waals surface area contributed by atoms with Gasteiger partial charge in [0, 0.05) is 11.5 Å². The Kier molecular flexibility index (Phi) is 3.26. The summed E-state index contributed by atoms with van der Waals surface area (Å²) in [5.74, 6) is 1.86. The highest BCUT2D eigenvalue weighted by atomic mass is 19.1. The third kappa shape index (κ3) is 2.20. The van der Waals surface area contributed by atoms with E-state index in [-0.39, 0.29) is 11.3 Å². The van der Waals surface area contributed by atoms with Gasteiger partial charge in [0.2, 0.25) is 0 Å². The second-order valence-corrected chi connectivity index (χ2v) is 5.33. The third-order valence-electron chi connectivity index (χ3n) is 3.90.